The van der Waals surface area contributed by atoms with Crippen molar-refractivity contribution in [3.05, 3.63) is 135 Å². The molecule has 0 aliphatic carbocycles. The lowest BCUT2D eigenvalue weighted by atomic mass is 9.92. The van der Waals surface area contributed by atoms with E-state index in [0.29, 0.717) is 11.2 Å². The van der Waals surface area contributed by atoms with E-state index in [1.54, 1.807) is 24.3 Å². The van der Waals surface area contributed by atoms with Crippen LogP contribution in [-0.2, 0) is 0 Å². The first-order valence-corrected chi connectivity index (χ1v) is 16.8. The molecule has 5 heterocycles. The van der Waals surface area contributed by atoms with Crippen LogP contribution in [0.2, 0.25) is 0 Å². The summed E-state index contributed by atoms with van der Waals surface area (Å²) in [5.41, 5.74) is 12.4. The highest BCUT2D eigenvalue weighted by Gasteiger charge is 2.30. The van der Waals surface area contributed by atoms with Gasteiger partial charge < -0.3 is 15.0 Å². The van der Waals surface area contributed by atoms with Crippen molar-refractivity contribution >= 4 is 45.3 Å². The Balaban J connectivity index is 1.63. The number of aromatic amines is 3. The summed E-state index contributed by atoms with van der Waals surface area (Å²) < 4.78 is 75.9. The molecule has 52 heavy (non-hydrogen) atoms. The van der Waals surface area contributed by atoms with Crippen molar-refractivity contribution in [2.45, 2.75) is 41.5 Å². The molecule has 0 unspecified atom stereocenters. The Hall–Kier alpha value is -5.96. The lowest BCUT2D eigenvalue weighted by Crippen LogP contribution is -2.05. The first-order chi connectivity index (χ1) is 24.8. The van der Waals surface area contributed by atoms with Gasteiger partial charge in [0.2, 0.25) is 5.82 Å². The van der Waals surface area contributed by atoms with E-state index >= 15 is 8.78 Å². The van der Waals surface area contributed by atoms with Crippen LogP contribution in [0.3, 0.4) is 0 Å². The smallest absolute Gasteiger partial charge is 0.200 e. The van der Waals surface area contributed by atoms with Crippen LogP contribution < -0.4 is 0 Å². The lowest BCUT2D eigenvalue weighted by molar-refractivity contribution is 0.381. The van der Waals surface area contributed by atoms with Gasteiger partial charge in [-0.2, -0.15) is 0 Å². The SMILES string of the molecule is Cc1cc(C)c(-c2c3nc(c(-c4c(F)c(F)c(F)c(F)c4F)c4ccc([nH]4)c(-c4c(C)cc(C)cc4C)c4ccc([nH]4)c4ccc2[nH]4)C=C3)c(C)c1. The maximum atomic E-state index is 15.8. The van der Waals surface area contributed by atoms with Crippen molar-refractivity contribution in [3.63, 3.8) is 0 Å². The molecule has 0 spiro atoms. The van der Waals surface area contributed by atoms with Crippen LogP contribution in [0.15, 0.2) is 60.7 Å². The van der Waals surface area contributed by atoms with E-state index in [9.17, 15) is 13.2 Å². The molecule has 1 aliphatic rings. The van der Waals surface area contributed by atoms with Crippen molar-refractivity contribution in [3.8, 4) is 33.4 Å². The van der Waals surface area contributed by atoms with Crippen molar-refractivity contribution in [1.82, 2.24) is 19.9 Å². The molecule has 0 saturated carbocycles. The molecule has 8 rings (SSSR count). The van der Waals surface area contributed by atoms with Gasteiger partial charge in [0.15, 0.2) is 23.3 Å². The molecular weight excluding hydrogens is 667 g/mol. The Morgan fingerprint density at radius 3 is 1.10 bits per heavy atom. The number of fused-ring (bicyclic) bond motifs is 9. The summed E-state index contributed by atoms with van der Waals surface area (Å²) >= 11 is 0. The van der Waals surface area contributed by atoms with E-state index in [2.05, 4.69) is 39.2 Å². The number of nitrogens with zero attached hydrogens (tertiary/aromatic N) is 1. The van der Waals surface area contributed by atoms with Gasteiger partial charge >= 0.3 is 0 Å². The van der Waals surface area contributed by atoms with Gasteiger partial charge in [-0.3, -0.25) is 0 Å². The molecule has 0 saturated heterocycles. The number of aromatic nitrogens is 4. The minimum atomic E-state index is -2.23. The van der Waals surface area contributed by atoms with Crippen molar-refractivity contribution in [2.75, 3.05) is 0 Å². The van der Waals surface area contributed by atoms with Crippen molar-refractivity contribution < 1.29 is 22.0 Å². The van der Waals surface area contributed by atoms with Gasteiger partial charge in [-0.1, -0.05) is 35.4 Å². The maximum Gasteiger partial charge on any atom is 0.200 e. The Morgan fingerprint density at radius 1 is 0.365 bits per heavy atom. The molecule has 3 aromatic carbocycles. The average Bonchev–Trinajstić information content (AvgIpc) is 3.92. The fourth-order valence-corrected chi connectivity index (χ4v) is 7.91. The number of nitrogens with one attached hydrogen (secondary N) is 3. The normalized spacial score (nSPS) is 12.1. The molecule has 0 amide bonds. The van der Waals surface area contributed by atoms with Gasteiger partial charge in [0.1, 0.15) is 0 Å². The summed E-state index contributed by atoms with van der Waals surface area (Å²) in [4.78, 5) is 15.3. The summed E-state index contributed by atoms with van der Waals surface area (Å²) in [5.74, 6) is -10.2. The third-order valence-corrected chi connectivity index (χ3v) is 9.89. The Kier molecular flexibility index (Phi) is 7.71. The number of H-pyrrole nitrogens is 3. The minimum Gasteiger partial charge on any atom is -0.354 e. The van der Waals surface area contributed by atoms with E-state index in [1.807, 2.05) is 65.8 Å². The van der Waals surface area contributed by atoms with Gasteiger partial charge in [0, 0.05) is 38.8 Å². The summed E-state index contributed by atoms with van der Waals surface area (Å²) in [7, 11) is 0. The molecule has 0 fully saturated rings. The number of rotatable bonds is 3. The fraction of sp³-hybridized carbons (Fsp3) is 0.140. The summed E-state index contributed by atoms with van der Waals surface area (Å²) in [5, 5.41) is 0. The highest BCUT2D eigenvalue weighted by Crippen LogP contribution is 2.41. The van der Waals surface area contributed by atoms with Crippen LogP contribution in [-0.4, -0.2) is 19.9 Å². The van der Waals surface area contributed by atoms with Crippen LogP contribution in [0.5, 0.6) is 0 Å². The van der Waals surface area contributed by atoms with E-state index < -0.39 is 34.6 Å². The van der Waals surface area contributed by atoms with Crippen LogP contribution in [0.25, 0.3) is 78.6 Å². The maximum absolute atomic E-state index is 15.8. The standard InChI is InChI=1S/C43H33F5N4/c1-19-15-21(3)33(22(4)16-19)35-27-9-7-25(49-27)26-8-10-28(50-26)36(34-23(5)17-20(2)18-24(34)6)30-12-14-32(52-30)37(31-13-11-29(35)51-31)38-39(44)41(46)43(48)42(47)40(38)45/h7-18,49-51H,1-6H3. The van der Waals surface area contributed by atoms with E-state index in [1.165, 1.54) is 0 Å². The summed E-state index contributed by atoms with van der Waals surface area (Å²) in [6.07, 6.45) is 3.25. The number of halogens is 5. The second-order valence-corrected chi connectivity index (χ2v) is 13.7. The quantitative estimate of drug-likeness (QED) is 0.0959. The molecular formula is C43H33F5N4. The average molecular weight is 701 g/mol. The Morgan fingerprint density at radius 2 is 0.673 bits per heavy atom. The summed E-state index contributed by atoms with van der Waals surface area (Å²) in [6, 6.07) is 19.5. The third kappa shape index (κ3) is 5.14. The molecule has 8 bridgehead atoms. The molecule has 9 heteroatoms. The molecule has 260 valence electrons. The molecule has 1 aliphatic heterocycles. The second-order valence-electron chi connectivity index (χ2n) is 13.7. The van der Waals surface area contributed by atoms with E-state index in [-0.39, 0.29) is 16.8 Å². The topological polar surface area (TPSA) is 60.3 Å². The summed E-state index contributed by atoms with van der Waals surface area (Å²) in [6.45, 7) is 12.1. The molecule has 4 aromatic heterocycles. The van der Waals surface area contributed by atoms with E-state index in [4.69, 9.17) is 4.98 Å². The van der Waals surface area contributed by atoms with Gasteiger partial charge in [-0.15, -0.1) is 0 Å². The molecule has 4 nitrogen and oxygen atoms in total. The highest BCUT2D eigenvalue weighted by atomic mass is 19.2. The molecule has 7 aromatic rings. The van der Waals surface area contributed by atoms with E-state index in [0.717, 1.165) is 77.7 Å². The minimum absolute atomic E-state index is 0.0268. The third-order valence-electron chi connectivity index (χ3n) is 9.89. The van der Waals surface area contributed by atoms with Crippen LogP contribution in [0.1, 0.15) is 44.8 Å². The largest absolute Gasteiger partial charge is 0.354 e. The van der Waals surface area contributed by atoms with Gasteiger partial charge in [0.05, 0.1) is 28.0 Å². The first kappa shape index (κ1) is 33.2. The first-order valence-electron chi connectivity index (χ1n) is 16.8. The number of hydrogen-bond donors (Lipinski definition) is 3. The van der Waals surface area contributed by atoms with Crippen molar-refractivity contribution in [2.24, 2.45) is 0 Å². The fourth-order valence-electron chi connectivity index (χ4n) is 7.91. The van der Waals surface area contributed by atoms with Gasteiger partial charge in [-0.25, -0.2) is 26.9 Å². The number of aryl methyl sites for hydroxylation is 6. The second kappa shape index (κ2) is 12.1. The molecule has 0 radical (unpaired) electrons. The molecule has 0 atom stereocenters. The zero-order valence-electron chi connectivity index (χ0n) is 29.3. The van der Waals surface area contributed by atoms with Gasteiger partial charge in [-0.05, 0) is 123 Å². The number of hydrogen-bond acceptors (Lipinski definition) is 1. The van der Waals surface area contributed by atoms with Crippen LogP contribution >= 0.6 is 0 Å². The Bertz CT molecular complexity index is 2740. The number of benzene rings is 3. The lowest BCUT2D eigenvalue weighted by Gasteiger charge is -2.13. The zero-order valence-corrected chi connectivity index (χ0v) is 29.3. The predicted octanol–water partition coefficient (Wildman–Crippen LogP) is 12.2. The zero-order chi connectivity index (χ0) is 36.7. The predicted molar refractivity (Wildman–Crippen MR) is 200 cm³/mol. The molecule has 3 N–H and O–H groups in total. The highest BCUT2D eigenvalue weighted by molar-refractivity contribution is 6.01. The monoisotopic (exact) mass is 700 g/mol. The van der Waals surface area contributed by atoms with Crippen LogP contribution in [0.4, 0.5) is 22.0 Å². The van der Waals surface area contributed by atoms with Crippen LogP contribution in [0, 0.1) is 70.6 Å². The van der Waals surface area contributed by atoms with Crippen molar-refractivity contribution in [1.29, 1.82) is 0 Å². The van der Waals surface area contributed by atoms with Gasteiger partial charge in [0.25, 0.3) is 0 Å². The Labute approximate surface area is 296 Å².